The summed E-state index contributed by atoms with van der Waals surface area (Å²) in [5, 5.41) is 11.3. The highest BCUT2D eigenvalue weighted by Gasteiger charge is 2.37. The van der Waals surface area contributed by atoms with Crippen LogP contribution in [0.5, 0.6) is 5.75 Å². The fourth-order valence-corrected chi connectivity index (χ4v) is 1.78. The van der Waals surface area contributed by atoms with E-state index < -0.39 is 17.7 Å². The van der Waals surface area contributed by atoms with Gasteiger partial charge in [-0.1, -0.05) is 11.2 Å². The Bertz CT molecular complexity index is 501. The molecule has 0 heterocycles. The summed E-state index contributed by atoms with van der Waals surface area (Å²) >= 11 is 0. The molecule has 2 rings (SSSR count). The molecule has 0 spiro atoms. The van der Waals surface area contributed by atoms with Crippen molar-refractivity contribution in [2.75, 3.05) is 20.3 Å². The summed E-state index contributed by atoms with van der Waals surface area (Å²) in [5.74, 6) is -0.164. The molecule has 0 aliphatic heterocycles. The largest absolute Gasteiger partial charge is 0.491 e. The van der Waals surface area contributed by atoms with Crippen LogP contribution < -0.4 is 4.74 Å². The van der Waals surface area contributed by atoms with Crippen LogP contribution >= 0.6 is 0 Å². The van der Waals surface area contributed by atoms with Crippen LogP contribution in [0.25, 0.3) is 0 Å². The number of hydrogen-bond acceptors (Lipinski definition) is 5. The molecule has 1 N–H and O–H groups in total. The van der Waals surface area contributed by atoms with Crippen molar-refractivity contribution < 1.29 is 23.9 Å². The predicted octanol–water partition coefficient (Wildman–Crippen LogP) is 1.75. The Labute approximate surface area is 103 Å². The molecule has 1 aromatic rings. The van der Waals surface area contributed by atoms with E-state index >= 15 is 0 Å². The maximum Gasteiger partial charge on any atom is 0.214 e. The van der Waals surface area contributed by atoms with Gasteiger partial charge in [-0.05, 0) is 12.1 Å². The SMILES string of the molecule is COCCOc1ccc2c(c1)C(=O)/C(=N/O)C2F. The molecule has 0 fully saturated rings. The fourth-order valence-electron chi connectivity index (χ4n) is 1.78. The van der Waals surface area contributed by atoms with Gasteiger partial charge in [-0.3, -0.25) is 4.79 Å². The van der Waals surface area contributed by atoms with Crippen LogP contribution in [0.3, 0.4) is 0 Å². The summed E-state index contributed by atoms with van der Waals surface area (Å²) in [5.41, 5.74) is -0.115. The molecule has 1 aromatic carbocycles. The molecule has 1 atom stereocenters. The van der Waals surface area contributed by atoms with Crippen molar-refractivity contribution in [1.29, 1.82) is 0 Å². The van der Waals surface area contributed by atoms with E-state index in [0.717, 1.165) is 0 Å². The molecule has 0 radical (unpaired) electrons. The number of nitrogens with zero attached hydrogens (tertiary/aromatic N) is 1. The molecule has 18 heavy (non-hydrogen) atoms. The lowest BCUT2D eigenvalue weighted by atomic mass is 10.1. The minimum Gasteiger partial charge on any atom is -0.491 e. The van der Waals surface area contributed by atoms with E-state index in [2.05, 4.69) is 5.16 Å². The molecule has 0 aromatic heterocycles. The number of methoxy groups -OCH3 is 1. The van der Waals surface area contributed by atoms with Crippen LogP contribution in [-0.4, -0.2) is 37.0 Å². The number of carbonyl (C=O) groups excluding carboxylic acids is 1. The van der Waals surface area contributed by atoms with Crippen molar-refractivity contribution >= 4 is 11.5 Å². The molecular weight excluding hydrogens is 241 g/mol. The van der Waals surface area contributed by atoms with Gasteiger partial charge in [0.2, 0.25) is 5.78 Å². The Hall–Kier alpha value is -1.95. The van der Waals surface area contributed by atoms with E-state index in [1.807, 2.05) is 0 Å². The monoisotopic (exact) mass is 253 g/mol. The maximum absolute atomic E-state index is 13.7. The molecule has 1 unspecified atom stereocenters. The smallest absolute Gasteiger partial charge is 0.214 e. The molecule has 1 aliphatic rings. The van der Waals surface area contributed by atoms with Crippen molar-refractivity contribution in [2.24, 2.45) is 5.16 Å². The molecule has 6 heteroatoms. The van der Waals surface area contributed by atoms with Crippen LogP contribution in [0, 0.1) is 0 Å². The molecule has 96 valence electrons. The second-order valence-electron chi connectivity index (χ2n) is 3.77. The first-order valence-electron chi connectivity index (χ1n) is 5.35. The van der Waals surface area contributed by atoms with Crippen molar-refractivity contribution in [3.63, 3.8) is 0 Å². The van der Waals surface area contributed by atoms with Gasteiger partial charge in [0.25, 0.3) is 0 Å². The van der Waals surface area contributed by atoms with Crippen LogP contribution in [0.15, 0.2) is 23.4 Å². The maximum atomic E-state index is 13.7. The third-order valence-electron chi connectivity index (χ3n) is 2.68. The summed E-state index contributed by atoms with van der Waals surface area (Å²) in [7, 11) is 1.55. The zero-order valence-corrected chi connectivity index (χ0v) is 9.72. The number of Topliss-reactive ketones (excluding diaryl/α,β-unsaturated/α-hetero) is 1. The summed E-state index contributed by atoms with van der Waals surface area (Å²) in [6.45, 7) is 0.754. The minimum atomic E-state index is -1.68. The van der Waals surface area contributed by atoms with Crippen molar-refractivity contribution in [3.8, 4) is 5.75 Å². The van der Waals surface area contributed by atoms with Crippen LogP contribution in [0.4, 0.5) is 4.39 Å². The van der Waals surface area contributed by atoms with Gasteiger partial charge in [0, 0.05) is 18.2 Å². The van der Waals surface area contributed by atoms with E-state index in [1.54, 1.807) is 13.2 Å². The van der Waals surface area contributed by atoms with Gasteiger partial charge in [0.05, 0.1) is 6.61 Å². The van der Waals surface area contributed by atoms with Crippen LogP contribution in [-0.2, 0) is 4.74 Å². The van der Waals surface area contributed by atoms with Gasteiger partial charge < -0.3 is 14.7 Å². The molecule has 0 amide bonds. The Morgan fingerprint density at radius 2 is 2.22 bits per heavy atom. The predicted molar refractivity (Wildman–Crippen MR) is 61.2 cm³/mol. The first-order valence-corrected chi connectivity index (χ1v) is 5.35. The molecule has 1 aliphatic carbocycles. The van der Waals surface area contributed by atoms with E-state index in [0.29, 0.717) is 19.0 Å². The zero-order chi connectivity index (χ0) is 13.1. The number of hydrogen-bond donors (Lipinski definition) is 1. The third kappa shape index (κ3) is 2.06. The number of benzene rings is 1. The van der Waals surface area contributed by atoms with Crippen molar-refractivity contribution in [3.05, 3.63) is 29.3 Å². The second-order valence-corrected chi connectivity index (χ2v) is 3.77. The van der Waals surface area contributed by atoms with E-state index in [4.69, 9.17) is 14.7 Å². The standard InChI is InChI=1S/C12H12FNO4/c1-17-4-5-18-7-2-3-8-9(6-7)12(15)11(14-16)10(8)13/h2-3,6,10,16H,4-5H2,1H3/b14-11+. The van der Waals surface area contributed by atoms with Gasteiger partial charge in [-0.2, -0.15) is 0 Å². The number of rotatable bonds is 4. The number of carbonyl (C=O) groups is 1. The third-order valence-corrected chi connectivity index (χ3v) is 2.68. The Balaban J connectivity index is 2.24. The molecular formula is C12H12FNO4. The highest BCUT2D eigenvalue weighted by atomic mass is 19.1. The van der Waals surface area contributed by atoms with Gasteiger partial charge in [0.15, 0.2) is 11.9 Å². The number of halogens is 1. The average molecular weight is 253 g/mol. The van der Waals surface area contributed by atoms with E-state index in [9.17, 15) is 9.18 Å². The summed E-state index contributed by atoms with van der Waals surface area (Å²) in [4.78, 5) is 11.7. The van der Waals surface area contributed by atoms with Gasteiger partial charge in [0.1, 0.15) is 12.4 Å². The van der Waals surface area contributed by atoms with Gasteiger partial charge in [-0.25, -0.2) is 4.39 Å². The lowest BCUT2D eigenvalue weighted by Gasteiger charge is -2.06. The first kappa shape index (κ1) is 12.5. The highest BCUT2D eigenvalue weighted by Crippen LogP contribution is 2.34. The molecule has 0 saturated carbocycles. The second kappa shape index (κ2) is 5.14. The van der Waals surface area contributed by atoms with Gasteiger partial charge in [-0.15, -0.1) is 0 Å². The van der Waals surface area contributed by atoms with E-state index in [1.165, 1.54) is 12.1 Å². The minimum absolute atomic E-state index is 0.171. The summed E-state index contributed by atoms with van der Waals surface area (Å²) < 4.78 is 23.8. The van der Waals surface area contributed by atoms with Crippen molar-refractivity contribution in [1.82, 2.24) is 0 Å². The lowest BCUT2D eigenvalue weighted by Crippen LogP contribution is -2.09. The summed E-state index contributed by atoms with van der Waals surface area (Å²) in [6.07, 6.45) is -1.68. The fraction of sp³-hybridized carbons (Fsp3) is 0.333. The average Bonchev–Trinajstić information content (AvgIpc) is 2.62. The lowest BCUT2D eigenvalue weighted by molar-refractivity contribution is 0.106. The number of fused-ring (bicyclic) bond motifs is 1. The molecule has 0 bridgehead atoms. The van der Waals surface area contributed by atoms with Gasteiger partial charge >= 0.3 is 0 Å². The number of alkyl halides is 1. The Morgan fingerprint density at radius 1 is 1.44 bits per heavy atom. The van der Waals surface area contributed by atoms with E-state index in [-0.39, 0.29) is 11.1 Å². The molecule has 5 nitrogen and oxygen atoms in total. The Morgan fingerprint density at radius 3 is 2.89 bits per heavy atom. The quantitative estimate of drug-likeness (QED) is 0.504. The topological polar surface area (TPSA) is 68.1 Å². The number of ether oxygens (including phenoxy) is 2. The Kier molecular flexibility index (Phi) is 3.57. The normalized spacial score (nSPS) is 20.2. The zero-order valence-electron chi connectivity index (χ0n) is 9.72. The van der Waals surface area contributed by atoms with Crippen LogP contribution in [0.2, 0.25) is 0 Å². The highest BCUT2D eigenvalue weighted by molar-refractivity contribution is 6.50. The summed E-state index contributed by atoms with van der Waals surface area (Å²) in [6, 6.07) is 4.46. The first-order chi connectivity index (χ1) is 8.69. The van der Waals surface area contributed by atoms with Crippen molar-refractivity contribution in [2.45, 2.75) is 6.17 Å². The molecule has 0 saturated heterocycles. The number of oxime groups is 1. The van der Waals surface area contributed by atoms with Crippen LogP contribution in [0.1, 0.15) is 22.1 Å². The number of ketones is 1.